The lowest BCUT2D eigenvalue weighted by Crippen LogP contribution is -2.17. The van der Waals surface area contributed by atoms with E-state index in [0.717, 1.165) is 6.07 Å². The summed E-state index contributed by atoms with van der Waals surface area (Å²) in [6.07, 6.45) is -4.09. The molecule has 0 aliphatic heterocycles. The van der Waals surface area contributed by atoms with E-state index in [4.69, 9.17) is 11.6 Å². The first-order valence-corrected chi connectivity index (χ1v) is 8.18. The topological polar surface area (TPSA) is 51.2 Å². The molecular weight excluding hydrogens is 329 g/mol. The van der Waals surface area contributed by atoms with E-state index in [1.807, 2.05) is 0 Å². The van der Waals surface area contributed by atoms with E-state index >= 15 is 0 Å². The number of carbonyl (C=O) groups excluding carboxylic acids is 1. The molecule has 0 amide bonds. The monoisotopic (exact) mass is 342 g/mol. The van der Waals surface area contributed by atoms with Crippen LogP contribution in [0.2, 0.25) is 0 Å². The predicted octanol–water partition coefficient (Wildman–Crippen LogP) is 3.97. The van der Waals surface area contributed by atoms with Gasteiger partial charge in [0.15, 0.2) is 9.84 Å². The minimum absolute atomic E-state index is 0.0954. The third-order valence-corrected chi connectivity index (χ3v) is 4.98. The number of aryl methyl sites for hydroxylation is 1. The van der Waals surface area contributed by atoms with Crippen molar-refractivity contribution < 1.29 is 26.4 Å². The highest BCUT2D eigenvalue weighted by Crippen LogP contribution is 2.36. The number of rotatable bonds is 5. The lowest BCUT2D eigenvalue weighted by atomic mass is 10.1. The molecule has 0 bridgehead atoms. The summed E-state index contributed by atoms with van der Waals surface area (Å²) >= 11 is 5.23. The molecule has 0 fully saturated rings. The Morgan fingerprint density at radius 2 is 1.86 bits per heavy atom. The van der Waals surface area contributed by atoms with E-state index in [-0.39, 0.29) is 23.3 Å². The molecule has 1 aromatic rings. The zero-order valence-corrected chi connectivity index (χ0v) is 13.0. The maximum atomic E-state index is 13.1. The third-order valence-electron chi connectivity index (χ3n) is 2.95. The second-order valence-corrected chi connectivity index (χ2v) is 7.03. The molecule has 0 saturated carbocycles. The number of carbonyl (C=O) groups is 1. The summed E-state index contributed by atoms with van der Waals surface area (Å²) in [5, 5.41) is -1.06. The molecule has 118 valence electrons. The number of hydrogen-bond donors (Lipinski definition) is 0. The van der Waals surface area contributed by atoms with E-state index in [9.17, 15) is 26.4 Å². The van der Waals surface area contributed by atoms with Crippen molar-refractivity contribution in [3.63, 3.8) is 0 Å². The molecule has 0 N–H and O–H groups in total. The van der Waals surface area contributed by atoms with Crippen molar-refractivity contribution >= 4 is 26.7 Å². The molecule has 0 heterocycles. The van der Waals surface area contributed by atoms with Crippen molar-refractivity contribution in [1.29, 1.82) is 0 Å². The molecule has 0 saturated heterocycles. The summed E-state index contributed by atoms with van der Waals surface area (Å²) in [4.78, 5) is 10.3. The highest BCUT2D eigenvalue weighted by Gasteiger charge is 2.38. The van der Waals surface area contributed by atoms with Crippen LogP contribution in [0, 0.1) is 6.92 Å². The molecular formula is C13H14ClF3O3S. The van der Waals surface area contributed by atoms with Crippen LogP contribution in [-0.4, -0.2) is 19.4 Å². The molecule has 8 heteroatoms. The lowest BCUT2D eigenvalue weighted by Gasteiger charge is -2.15. The average molecular weight is 343 g/mol. The number of hydrogen-bond acceptors (Lipinski definition) is 3. The molecule has 0 atom stereocenters. The van der Waals surface area contributed by atoms with Crippen molar-refractivity contribution in [2.75, 3.05) is 5.75 Å². The Hall–Kier alpha value is -1.08. The highest BCUT2D eigenvalue weighted by atomic mass is 35.5. The molecule has 0 spiro atoms. The molecule has 21 heavy (non-hydrogen) atoms. The van der Waals surface area contributed by atoms with Gasteiger partial charge in [-0.25, -0.2) is 8.42 Å². The first-order chi connectivity index (χ1) is 9.50. The standard InChI is InChI=1S/C13H14ClF3O3S/c1-3-4-5-21(19,20)11-6-8(2)9(12(14)18)7-10(11)13(15,16)17/h6-7H,3-5H2,1-2H3. The van der Waals surface area contributed by atoms with Gasteiger partial charge in [-0.05, 0) is 42.6 Å². The Balaban J connectivity index is 3.58. The fraction of sp³-hybridized carbons (Fsp3) is 0.462. The first-order valence-electron chi connectivity index (χ1n) is 6.15. The number of unbranched alkanes of at least 4 members (excludes halogenated alkanes) is 1. The lowest BCUT2D eigenvalue weighted by molar-refractivity contribution is -0.139. The number of alkyl halides is 3. The van der Waals surface area contributed by atoms with Gasteiger partial charge in [-0.3, -0.25) is 4.79 Å². The van der Waals surface area contributed by atoms with Crippen LogP contribution >= 0.6 is 11.6 Å². The van der Waals surface area contributed by atoms with Crippen molar-refractivity contribution in [3.05, 3.63) is 28.8 Å². The van der Waals surface area contributed by atoms with E-state index < -0.39 is 31.7 Å². The van der Waals surface area contributed by atoms with Crippen LogP contribution < -0.4 is 0 Å². The van der Waals surface area contributed by atoms with Gasteiger partial charge in [-0.2, -0.15) is 13.2 Å². The summed E-state index contributed by atoms with van der Waals surface area (Å²) in [5.41, 5.74) is -1.61. The predicted molar refractivity (Wildman–Crippen MR) is 73.3 cm³/mol. The van der Waals surface area contributed by atoms with Gasteiger partial charge in [0.05, 0.1) is 16.2 Å². The van der Waals surface area contributed by atoms with Gasteiger partial charge in [0.1, 0.15) is 0 Å². The van der Waals surface area contributed by atoms with Crippen LogP contribution in [-0.2, 0) is 16.0 Å². The SMILES string of the molecule is CCCCS(=O)(=O)c1cc(C)c(C(=O)Cl)cc1C(F)(F)F. The Bertz CT molecular complexity index is 651. The van der Waals surface area contributed by atoms with Crippen molar-refractivity contribution in [2.24, 2.45) is 0 Å². The van der Waals surface area contributed by atoms with Crippen molar-refractivity contribution in [1.82, 2.24) is 0 Å². The van der Waals surface area contributed by atoms with E-state index in [0.29, 0.717) is 12.5 Å². The molecule has 1 rings (SSSR count). The molecule has 3 nitrogen and oxygen atoms in total. The van der Waals surface area contributed by atoms with Crippen molar-refractivity contribution in [3.8, 4) is 0 Å². The van der Waals surface area contributed by atoms with Gasteiger partial charge < -0.3 is 0 Å². The van der Waals surface area contributed by atoms with Crippen LogP contribution in [0.3, 0.4) is 0 Å². The summed E-state index contributed by atoms with van der Waals surface area (Å²) in [7, 11) is -4.08. The Morgan fingerprint density at radius 1 is 1.29 bits per heavy atom. The average Bonchev–Trinajstić information content (AvgIpc) is 2.34. The summed E-state index contributed by atoms with van der Waals surface area (Å²) in [5.74, 6) is -0.375. The third kappa shape index (κ3) is 4.20. The van der Waals surface area contributed by atoms with Crippen LogP contribution in [0.4, 0.5) is 13.2 Å². The van der Waals surface area contributed by atoms with Crippen molar-refractivity contribution in [2.45, 2.75) is 37.8 Å². The maximum Gasteiger partial charge on any atom is 0.417 e. The fourth-order valence-corrected chi connectivity index (χ4v) is 3.77. The number of sulfone groups is 1. The molecule has 0 aliphatic rings. The highest BCUT2D eigenvalue weighted by molar-refractivity contribution is 7.91. The van der Waals surface area contributed by atoms with Crippen LogP contribution in [0.5, 0.6) is 0 Å². The van der Waals surface area contributed by atoms with E-state index in [2.05, 4.69) is 0 Å². The molecule has 0 radical (unpaired) electrons. The van der Waals surface area contributed by atoms with Crippen LogP contribution in [0.15, 0.2) is 17.0 Å². The van der Waals surface area contributed by atoms with E-state index in [1.54, 1.807) is 6.92 Å². The van der Waals surface area contributed by atoms with Gasteiger partial charge in [0.25, 0.3) is 5.24 Å². The van der Waals surface area contributed by atoms with Gasteiger partial charge in [-0.1, -0.05) is 13.3 Å². The number of benzene rings is 1. The van der Waals surface area contributed by atoms with Crippen LogP contribution in [0.1, 0.15) is 41.3 Å². The summed E-state index contributed by atoms with van der Waals surface area (Å²) in [6.45, 7) is 3.08. The van der Waals surface area contributed by atoms with Gasteiger partial charge in [-0.15, -0.1) is 0 Å². The minimum Gasteiger partial charge on any atom is -0.276 e. The minimum atomic E-state index is -4.89. The van der Waals surface area contributed by atoms with Gasteiger partial charge in [0, 0.05) is 5.56 Å². The molecule has 1 aromatic carbocycles. The zero-order valence-electron chi connectivity index (χ0n) is 11.4. The zero-order chi connectivity index (χ0) is 16.4. The van der Waals surface area contributed by atoms with E-state index in [1.165, 1.54) is 6.92 Å². The molecule has 0 unspecified atom stereocenters. The first kappa shape index (κ1) is 18.0. The maximum absolute atomic E-state index is 13.1. The smallest absolute Gasteiger partial charge is 0.276 e. The molecule has 0 aromatic heterocycles. The summed E-state index contributed by atoms with van der Waals surface area (Å²) < 4.78 is 63.3. The van der Waals surface area contributed by atoms with Crippen LogP contribution in [0.25, 0.3) is 0 Å². The van der Waals surface area contributed by atoms with Gasteiger partial charge in [0.2, 0.25) is 0 Å². The Morgan fingerprint density at radius 3 is 2.29 bits per heavy atom. The van der Waals surface area contributed by atoms with Gasteiger partial charge >= 0.3 is 6.18 Å². The quantitative estimate of drug-likeness (QED) is 0.761. The largest absolute Gasteiger partial charge is 0.417 e. The summed E-state index contributed by atoms with van der Waals surface area (Å²) in [6, 6.07) is 1.37. The Kier molecular flexibility index (Phi) is 5.44. The second kappa shape index (κ2) is 6.36. The normalized spacial score (nSPS) is 12.5. The fourth-order valence-electron chi connectivity index (χ4n) is 1.82. The Labute approximate surface area is 126 Å². The second-order valence-electron chi connectivity index (χ2n) is 4.61. The number of halogens is 4. The molecule has 0 aliphatic carbocycles.